The Morgan fingerprint density at radius 2 is 1.57 bits per heavy atom. The second kappa shape index (κ2) is 5.85. The summed E-state index contributed by atoms with van der Waals surface area (Å²) in [6.07, 6.45) is 3.39. The average molecular weight is 328 g/mol. The lowest BCUT2D eigenvalue weighted by molar-refractivity contribution is 0.495. The number of benzene rings is 2. The summed E-state index contributed by atoms with van der Waals surface area (Å²) < 4.78 is 21.3. The average Bonchev–Trinajstić information content (AvgIpc) is 2.93. The molecule has 1 heterocycles. The lowest BCUT2D eigenvalue weighted by atomic mass is 10.0. The van der Waals surface area contributed by atoms with Gasteiger partial charge in [0, 0.05) is 12.5 Å². The van der Waals surface area contributed by atoms with Gasteiger partial charge in [-0.1, -0.05) is 24.3 Å². The Bertz CT molecular complexity index is 833. The van der Waals surface area contributed by atoms with E-state index in [4.69, 9.17) is 0 Å². The van der Waals surface area contributed by atoms with E-state index < -0.39 is 10.6 Å². The molecular formula is C18H20N2O2S. The van der Waals surface area contributed by atoms with Crippen molar-refractivity contribution in [1.29, 1.82) is 0 Å². The summed E-state index contributed by atoms with van der Waals surface area (Å²) in [6.45, 7) is 4.03. The van der Waals surface area contributed by atoms with Crippen molar-refractivity contribution in [3.8, 4) is 16.8 Å². The van der Waals surface area contributed by atoms with Gasteiger partial charge in [-0.05, 0) is 54.8 Å². The second-order valence-electron chi connectivity index (χ2n) is 5.76. The van der Waals surface area contributed by atoms with Crippen LogP contribution in [0.5, 0.6) is 0 Å². The number of nitrogens with zero attached hydrogens (tertiary/aromatic N) is 2. The van der Waals surface area contributed by atoms with E-state index in [-0.39, 0.29) is 0 Å². The van der Waals surface area contributed by atoms with Crippen LogP contribution >= 0.6 is 10.6 Å². The molecule has 0 aliphatic rings. The third kappa shape index (κ3) is 3.32. The third-order valence-corrected chi connectivity index (χ3v) is 4.98. The summed E-state index contributed by atoms with van der Waals surface area (Å²) in [5.74, 6) is 0. The van der Waals surface area contributed by atoms with Crippen molar-refractivity contribution in [1.82, 2.24) is 9.78 Å². The molecule has 2 N–H and O–H groups in total. The molecule has 1 aromatic heterocycles. The molecule has 0 spiro atoms. The molecule has 4 nitrogen and oxygen atoms in total. The van der Waals surface area contributed by atoms with Crippen LogP contribution < -0.4 is 0 Å². The molecule has 0 aliphatic carbocycles. The molecule has 120 valence electrons. The number of hydrogen-bond donors (Lipinski definition) is 2. The van der Waals surface area contributed by atoms with Crippen LogP contribution in [0.15, 0.2) is 59.6 Å². The first-order valence-corrected chi connectivity index (χ1v) is 9.27. The van der Waals surface area contributed by atoms with Crippen LogP contribution in [0.25, 0.3) is 16.8 Å². The smallest absolute Gasteiger partial charge is 0.0680 e. The summed E-state index contributed by atoms with van der Waals surface area (Å²) in [5.41, 5.74) is 5.27. The van der Waals surface area contributed by atoms with Crippen LogP contribution in [-0.2, 0) is 0 Å². The third-order valence-electron chi connectivity index (χ3n) is 3.81. The van der Waals surface area contributed by atoms with E-state index in [9.17, 15) is 9.11 Å². The maximum absolute atomic E-state index is 9.71. The van der Waals surface area contributed by atoms with E-state index in [1.165, 1.54) is 6.26 Å². The van der Waals surface area contributed by atoms with E-state index in [0.717, 1.165) is 28.1 Å². The molecule has 0 bridgehead atoms. The van der Waals surface area contributed by atoms with E-state index in [1.807, 2.05) is 36.0 Å². The molecule has 0 radical (unpaired) electrons. The van der Waals surface area contributed by atoms with Gasteiger partial charge >= 0.3 is 0 Å². The highest BCUT2D eigenvalue weighted by molar-refractivity contribution is 8.23. The minimum Gasteiger partial charge on any atom is -0.295 e. The number of aryl methyl sites for hydroxylation is 2. The van der Waals surface area contributed by atoms with E-state index in [1.54, 1.807) is 12.1 Å². The van der Waals surface area contributed by atoms with Crippen molar-refractivity contribution in [2.24, 2.45) is 0 Å². The molecule has 0 saturated heterocycles. The Morgan fingerprint density at radius 1 is 0.913 bits per heavy atom. The first kappa shape index (κ1) is 15.8. The summed E-state index contributed by atoms with van der Waals surface area (Å²) in [7, 11) is -2.67. The molecule has 0 atom stereocenters. The van der Waals surface area contributed by atoms with Crippen LogP contribution in [0.2, 0.25) is 0 Å². The molecule has 0 unspecified atom stereocenters. The van der Waals surface area contributed by atoms with Gasteiger partial charge in [0.25, 0.3) is 0 Å². The first-order valence-electron chi connectivity index (χ1n) is 7.31. The Kier molecular flexibility index (Phi) is 4.02. The largest absolute Gasteiger partial charge is 0.295 e. The molecule has 0 amide bonds. The van der Waals surface area contributed by atoms with Crippen LogP contribution in [0.3, 0.4) is 0 Å². The minimum atomic E-state index is -2.67. The standard InChI is InChI=1S/C18H20N2O2S/c1-13-4-5-16(12-18(13)20-11-10-14(2)19-20)15-6-8-17(9-7-15)23(3,21)22/h4-12,21-22H,1-3H3. The molecule has 23 heavy (non-hydrogen) atoms. The van der Waals surface area contributed by atoms with Crippen molar-refractivity contribution in [2.75, 3.05) is 6.26 Å². The van der Waals surface area contributed by atoms with Crippen molar-refractivity contribution < 1.29 is 9.11 Å². The maximum atomic E-state index is 9.71. The topological polar surface area (TPSA) is 58.3 Å². The van der Waals surface area contributed by atoms with Crippen molar-refractivity contribution >= 4 is 10.6 Å². The highest BCUT2D eigenvalue weighted by atomic mass is 32.3. The Balaban J connectivity index is 2.01. The normalized spacial score (nSPS) is 12.4. The molecular weight excluding hydrogens is 308 g/mol. The zero-order valence-electron chi connectivity index (χ0n) is 13.4. The fraction of sp³-hybridized carbons (Fsp3) is 0.167. The van der Waals surface area contributed by atoms with Crippen LogP contribution in [0, 0.1) is 13.8 Å². The van der Waals surface area contributed by atoms with Crippen molar-refractivity contribution in [3.63, 3.8) is 0 Å². The van der Waals surface area contributed by atoms with Gasteiger partial charge < -0.3 is 0 Å². The van der Waals surface area contributed by atoms with Crippen LogP contribution in [-0.4, -0.2) is 25.1 Å². The zero-order valence-corrected chi connectivity index (χ0v) is 14.2. The van der Waals surface area contributed by atoms with Crippen molar-refractivity contribution in [3.05, 3.63) is 66.0 Å². The number of hydrogen-bond acceptors (Lipinski definition) is 3. The zero-order chi connectivity index (χ0) is 16.6. The number of aromatic nitrogens is 2. The van der Waals surface area contributed by atoms with E-state index >= 15 is 0 Å². The van der Waals surface area contributed by atoms with Gasteiger partial charge in [0.2, 0.25) is 0 Å². The molecule has 5 heteroatoms. The summed E-state index contributed by atoms with van der Waals surface area (Å²) in [5, 5.41) is 4.48. The SMILES string of the molecule is Cc1ccn(-c2cc(-c3ccc(S(C)(O)O)cc3)ccc2C)n1. The van der Waals surface area contributed by atoms with Gasteiger partial charge in [-0.15, -0.1) is 0 Å². The van der Waals surface area contributed by atoms with Crippen LogP contribution in [0.1, 0.15) is 11.3 Å². The number of rotatable bonds is 3. The van der Waals surface area contributed by atoms with Gasteiger partial charge in [-0.25, -0.2) is 4.68 Å². The van der Waals surface area contributed by atoms with Gasteiger partial charge in [0.1, 0.15) is 0 Å². The van der Waals surface area contributed by atoms with Gasteiger partial charge in [-0.3, -0.25) is 9.11 Å². The lowest BCUT2D eigenvalue weighted by Gasteiger charge is -2.26. The van der Waals surface area contributed by atoms with Gasteiger partial charge in [-0.2, -0.15) is 15.7 Å². The van der Waals surface area contributed by atoms with E-state index in [0.29, 0.717) is 4.90 Å². The van der Waals surface area contributed by atoms with Gasteiger partial charge in [0.05, 0.1) is 16.3 Å². The Hall–Kier alpha value is -2.08. The molecule has 2 aromatic carbocycles. The minimum absolute atomic E-state index is 0.552. The fourth-order valence-electron chi connectivity index (χ4n) is 2.49. The maximum Gasteiger partial charge on any atom is 0.0680 e. The molecule has 3 aromatic rings. The summed E-state index contributed by atoms with van der Waals surface area (Å²) in [4.78, 5) is 0.552. The highest BCUT2D eigenvalue weighted by Crippen LogP contribution is 2.44. The highest BCUT2D eigenvalue weighted by Gasteiger charge is 2.10. The lowest BCUT2D eigenvalue weighted by Crippen LogP contribution is -1.98. The Labute approximate surface area is 137 Å². The van der Waals surface area contributed by atoms with Crippen LogP contribution in [0.4, 0.5) is 0 Å². The van der Waals surface area contributed by atoms with Crippen molar-refractivity contribution in [2.45, 2.75) is 18.7 Å². The first-order chi connectivity index (χ1) is 10.8. The van der Waals surface area contributed by atoms with E-state index in [2.05, 4.69) is 30.2 Å². The summed E-state index contributed by atoms with van der Waals surface area (Å²) >= 11 is 0. The van der Waals surface area contributed by atoms with Gasteiger partial charge in [0.15, 0.2) is 0 Å². The summed E-state index contributed by atoms with van der Waals surface area (Å²) in [6, 6.07) is 15.6. The molecule has 3 rings (SSSR count). The Morgan fingerprint density at radius 3 is 2.13 bits per heavy atom. The molecule has 0 aliphatic heterocycles. The molecule has 0 fully saturated rings. The monoisotopic (exact) mass is 328 g/mol. The molecule has 0 saturated carbocycles. The predicted molar refractivity (Wildman–Crippen MR) is 95.5 cm³/mol. The second-order valence-corrected chi connectivity index (χ2v) is 7.90. The fourth-order valence-corrected chi connectivity index (χ4v) is 3.14. The quantitative estimate of drug-likeness (QED) is 0.719. The predicted octanol–water partition coefficient (Wildman–Crippen LogP) is 4.90.